The van der Waals surface area contributed by atoms with Crippen molar-refractivity contribution in [1.29, 1.82) is 5.26 Å². The zero-order chi connectivity index (χ0) is 23.8. The minimum Gasteiger partial charge on any atom is -0.496 e. The van der Waals surface area contributed by atoms with Crippen molar-refractivity contribution >= 4 is 17.6 Å². The molecule has 0 saturated carbocycles. The number of ether oxygens (including phenoxy) is 5. The molecule has 0 amide bonds. The van der Waals surface area contributed by atoms with Crippen LogP contribution in [0.2, 0.25) is 0 Å². The molecule has 7 heteroatoms. The Hall–Kier alpha value is -4.44. The quantitative estimate of drug-likeness (QED) is 0.209. The summed E-state index contributed by atoms with van der Waals surface area (Å²) in [5.41, 5.74) is 1.94. The van der Waals surface area contributed by atoms with Crippen LogP contribution in [0.15, 0.2) is 60.7 Å². The summed E-state index contributed by atoms with van der Waals surface area (Å²) in [6.45, 7) is 0. The van der Waals surface area contributed by atoms with Crippen molar-refractivity contribution in [2.45, 2.75) is 0 Å². The van der Waals surface area contributed by atoms with E-state index in [-0.39, 0.29) is 5.56 Å². The Balaban J connectivity index is 1.90. The third-order valence-corrected chi connectivity index (χ3v) is 4.83. The molecule has 0 unspecified atom stereocenters. The maximum Gasteiger partial charge on any atom is 0.351 e. The van der Waals surface area contributed by atoms with Crippen LogP contribution in [0, 0.1) is 11.3 Å². The number of carbonyl (C=O) groups is 1. The molecule has 0 aliphatic heterocycles. The Labute approximate surface area is 192 Å². The van der Waals surface area contributed by atoms with Crippen LogP contribution in [-0.2, 0) is 0 Å². The molecular weight excluding hydrogens is 422 g/mol. The first kappa shape index (κ1) is 23.2. The molecule has 0 fully saturated rings. The van der Waals surface area contributed by atoms with Gasteiger partial charge in [0.15, 0.2) is 11.5 Å². The summed E-state index contributed by atoms with van der Waals surface area (Å²) >= 11 is 0. The number of benzene rings is 3. The Morgan fingerprint density at radius 2 is 1.42 bits per heavy atom. The van der Waals surface area contributed by atoms with Crippen molar-refractivity contribution in [2.75, 3.05) is 28.4 Å². The monoisotopic (exact) mass is 445 g/mol. The van der Waals surface area contributed by atoms with Gasteiger partial charge in [-0.3, -0.25) is 0 Å². The number of esters is 1. The molecule has 33 heavy (non-hydrogen) atoms. The van der Waals surface area contributed by atoms with Gasteiger partial charge in [0.2, 0.25) is 0 Å². The minimum absolute atomic E-state index is 0.187. The van der Waals surface area contributed by atoms with Gasteiger partial charge in [0.05, 0.1) is 40.1 Å². The van der Waals surface area contributed by atoms with Crippen molar-refractivity contribution in [1.82, 2.24) is 0 Å². The van der Waals surface area contributed by atoms with Crippen LogP contribution in [-0.4, -0.2) is 34.4 Å². The van der Waals surface area contributed by atoms with Crippen LogP contribution in [0.3, 0.4) is 0 Å². The molecule has 0 heterocycles. The van der Waals surface area contributed by atoms with Crippen LogP contribution < -0.4 is 23.7 Å². The molecule has 7 nitrogen and oxygen atoms in total. The van der Waals surface area contributed by atoms with Crippen molar-refractivity contribution < 1.29 is 28.5 Å². The van der Waals surface area contributed by atoms with Gasteiger partial charge in [-0.25, -0.2) is 4.79 Å². The molecule has 0 bridgehead atoms. The minimum atomic E-state index is -0.620. The van der Waals surface area contributed by atoms with E-state index in [0.29, 0.717) is 45.4 Å². The molecule has 0 atom stereocenters. The zero-order valence-corrected chi connectivity index (χ0v) is 18.7. The first-order valence-corrected chi connectivity index (χ1v) is 9.92. The number of methoxy groups -OCH3 is 4. The zero-order valence-electron chi connectivity index (χ0n) is 18.7. The molecule has 0 aromatic heterocycles. The molecule has 3 aromatic carbocycles. The maximum absolute atomic E-state index is 12.8. The predicted octanol–water partition coefficient (Wildman–Crippen LogP) is 5.00. The van der Waals surface area contributed by atoms with Gasteiger partial charge in [-0.1, -0.05) is 18.2 Å². The summed E-state index contributed by atoms with van der Waals surface area (Å²) < 4.78 is 26.7. The van der Waals surface area contributed by atoms with Crippen molar-refractivity contribution in [2.24, 2.45) is 0 Å². The number of nitrogens with zero attached hydrogens (tertiary/aromatic N) is 1. The molecule has 0 aliphatic carbocycles. The Morgan fingerprint density at radius 1 is 0.788 bits per heavy atom. The third-order valence-electron chi connectivity index (χ3n) is 4.83. The van der Waals surface area contributed by atoms with E-state index in [2.05, 4.69) is 6.07 Å². The van der Waals surface area contributed by atoms with Gasteiger partial charge in [0.1, 0.15) is 22.8 Å². The fourth-order valence-corrected chi connectivity index (χ4v) is 3.23. The van der Waals surface area contributed by atoms with Crippen molar-refractivity contribution in [3.63, 3.8) is 0 Å². The Morgan fingerprint density at radius 3 is 2.03 bits per heavy atom. The lowest BCUT2D eigenvalue weighted by molar-refractivity contribution is 0.0727. The van der Waals surface area contributed by atoms with Gasteiger partial charge >= 0.3 is 5.97 Å². The van der Waals surface area contributed by atoms with Gasteiger partial charge in [0, 0.05) is 0 Å². The fraction of sp³-hybridized carbons (Fsp3) is 0.154. The van der Waals surface area contributed by atoms with E-state index in [1.807, 2.05) is 0 Å². The maximum atomic E-state index is 12.8. The van der Waals surface area contributed by atoms with E-state index in [1.165, 1.54) is 21.3 Å². The lowest BCUT2D eigenvalue weighted by atomic mass is 10.0. The summed E-state index contributed by atoms with van der Waals surface area (Å²) in [7, 11) is 6.01. The molecule has 3 rings (SSSR count). The Kier molecular flexibility index (Phi) is 7.55. The smallest absolute Gasteiger partial charge is 0.351 e. The second-order valence-electron chi connectivity index (χ2n) is 6.74. The largest absolute Gasteiger partial charge is 0.496 e. The third kappa shape index (κ3) is 5.25. The number of rotatable bonds is 8. The number of hydrogen-bond acceptors (Lipinski definition) is 7. The van der Waals surface area contributed by atoms with Crippen molar-refractivity contribution in [3.8, 4) is 34.8 Å². The molecule has 0 aliphatic rings. The SMILES string of the molecule is COc1ccc(/C(C#N)=C\c2cccc(OC(=O)c3c(OC)cccc3OC)c2)cc1OC. The summed E-state index contributed by atoms with van der Waals surface area (Å²) in [6, 6.07) is 19.3. The van der Waals surface area contributed by atoms with Crippen LogP contribution in [0.4, 0.5) is 0 Å². The van der Waals surface area contributed by atoms with E-state index in [0.717, 1.165) is 0 Å². The molecule has 3 aromatic rings. The summed E-state index contributed by atoms with van der Waals surface area (Å²) in [5.74, 6) is 1.46. The van der Waals surface area contributed by atoms with E-state index in [9.17, 15) is 10.1 Å². The fourth-order valence-electron chi connectivity index (χ4n) is 3.23. The molecular formula is C26H23NO6. The second kappa shape index (κ2) is 10.7. The number of nitriles is 1. The molecule has 0 spiro atoms. The summed E-state index contributed by atoms with van der Waals surface area (Å²) in [4.78, 5) is 12.8. The van der Waals surface area contributed by atoms with Crippen LogP contribution in [0.1, 0.15) is 21.5 Å². The van der Waals surface area contributed by atoms with Gasteiger partial charge in [-0.2, -0.15) is 5.26 Å². The lowest BCUT2D eigenvalue weighted by Gasteiger charge is -2.12. The van der Waals surface area contributed by atoms with E-state index in [4.69, 9.17) is 23.7 Å². The van der Waals surface area contributed by atoms with Crippen LogP contribution in [0.5, 0.6) is 28.7 Å². The molecule has 0 radical (unpaired) electrons. The van der Waals surface area contributed by atoms with E-state index in [1.54, 1.807) is 73.8 Å². The predicted molar refractivity (Wildman–Crippen MR) is 124 cm³/mol. The van der Waals surface area contributed by atoms with Crippen molar-refractivity contribution in [3.05, 3.63) is 77.4 Å². The van der Waals surface area contributed by atoms with Gasteiger partial charge in [-0.05, 0) is 59.7 Å². The number of carbonyl (C=O) groups excluding carboxylic acids is 1. The van der Waals surface area contributed by atoms with E-state index < -0.39 is 5.97 Å². The second-order valence-corrected chi connectivity index (χ2v) is 6.74. The first-order valence-electron chi connectivity index (χ1n) is 9.92. The molecule has 168 valence electrons. The highest BCUT2D eigenvalue weighted by Gasteiger charge is 2.20. The highest BCUT2D eigenvalue weighted by Crippen LogP contribution is 2.32. The summed E-state index contributed by atoms with van der Waals surface area (Å²) in [6.07, 6.45) is 1.70. The van der Waals surface area contributed by atoms with Gasteiger partial charge in [0.25, 0.3) is 0 Å². The standard InChI is InChI=1S/C26H23NO6/c1-29-21-12-11-18(15-24(21)32-4)19(16-27)13-17-7-5-8-20(14-17)33-26(28)25-22(30-2)9-6-10-23(25)31-3/h5-15H,1-4H3/b19-13-. The first-order chi connectivity index (χ1) is 16.0. The Bertz CT molecular complexity index is 1200. The van der Waals surface area contributed by atoms with Gasteiger partial charge < -0.3 is 23.7 Å². The average molecular weight is 445 g/mol. The number of hydrogen-bond donors (Lipinski definition) is 0. The number of allylic oxidation sites excluding steroid dienone is 1. The average Bonchev–Trinajstić information content (AvgIpc) is 2.86. The van der Waals surface area contributed by atoms with E-state index >= 15 is 0 Å². The molecule has 0 saturated heterocycles. The lowest BCUT2D eigenvalue weighted by Crippen LogP contribution is -2.12. The summed E-state index contributed by atoms with van der Waals surface area (Å²) in [5, 5.41) is 9.71. The highest BCUT2D eigenvalue weighted by molar-refractivity contribution is 5.97. The highest BCUT2D eigenvalue weighted by atomic mass is 16.5. The van der Waals surface area contributed by atoms with Gasteiger partial charge in [-0.15, -0.1) is 0 Å². The van der Waals surface area contributed by atoms with Crippen LogP contribution >= 0.6 is 0 Å². The molecule has 0 N–H and O–H groups in total. The van der Waals surface area contributed by atoms with Crippen LogP contribution in [0.25, 0.3) is 11.6 Å². The normalized spacial score (nSPS) is 10.7. The topological polar surface area (TPSA) is 87.0 Å².